The standard InChI is InChI=1S/C24H28N4O4S/c29-23(18-12-16-27(17-13-18)24-26-21-6-2-3-7-22(21)32-24)25-19-8-10-20(11-9-19)33(30,31)28-14-4-1-5-15-28/h2-3,6-11,18H,1,4-5,12-17H2,(H,25,29). The number of amides is 1. The Morgan fingerprint density at radius 3 is 2.33 bits per heavy atom. The lowest BCUT2D eigenvalue weighted by atomic mass is 9.96. The van der Waals surface area contributed by atoms with Crippen molar-refractivity contribution in [3.8, 4) is 0 Å². The summed E-state index contributed by atoms with van der Waals surface area (Å²) in [5.74, 6) is -0.152. The quantitative estimate of drug-likeness (QED) is 0.611. The van der Waals surface area contributed by atoms with Crippen molar-refractivity contribution in [2.45, 2.75) is 37.0 Å². The van der Waals surface area contributed by atoms with Gasteiger partial charge in [0, 0.05) is 37.8 Å². The van der Waals surface area contributed by atoms with Crippen LogP contribution in [0.4, 0.5) is 11.7 Å². The van der Waals surface area contributed by atoms with Gasteiger partial charge < -0.3 is 14.6 Å². The third kappa shape index (κ3) is 4.60. The summed E-state index contributed by atoms with van der Waals surface area (Å²) in [7, 11) is -3.47. The number of carbonyl (C=O) groups is 1. The highest BCUT2D eigenvalue weighted by atomic mass is 32.2. The number of benzene rings is 2. The lowest BCUT2D eigenvalue weighted by Gasteiger charge is -2.30. The number of oxazole rings is 1. The Kier molecular flexibility index (Phi) is 6.07. The molecule has 2 aliphatic rings. The van der Waals surface area contributed by atoms with Crippen LogP contribution in [0, 0.1) is 5.92 Å². The summed E-state index contributed by atoms with van der Waals surface area (Å²) < 4.78 is 33.0. The maximum atomic E-state index is 12.8. The van der Waals surface area contributed by atoms with E-state index in [0.29, 0.717) is 50.7 Å². The van der Waals surface area contributed by atoms with Crippen molar-refractivity contribution in [3.63, 3.8) is 0 Å². The second-order valence-corrected chi connectivity index (χ2v) is 10.6. The average molecular weight is 469 g/mol. The normalized spacial score (nSPS) is 18.5. The van der Waals surface area contributed by atoms with Gasteiger partial charge in [0.1, 0.15) is 5.52 Å². The number of para-hydroxylation sites is 2. The summed E-state index contributed by atoms with van der Waals surface area (Å²) in [6.45, 7) is 2.53. The third-order valence-corrected chi connectivity index (χ3v) is 8.41. The molecule has 3 heterocycles. The summed E-state index contributed by atoms with van der Waals surface area (Å²) in [5, 5.41) is 2.94. The van der Waals surface area contributed by atoms with Crippen LogP contribution < -0.4 is 10.2 Å². The highest BCUT2D eigenvalue weighted by Gasteiger charge is 2.28. The molecule has 174 valence electrons. The first-order valence-electron chi connectivity index (χ1n) is 11.5. The van der Waals surface area contributed by atoms with Crippen LogP contribution in [0.5, 0.6) is 0 Å². The molecule has 9 heteroatoms. The molecule has 8 nitrogen and oxygen atoms in total. The zero-order chi connectivity index (χ0) is 22.8. The zero-order valence-electron chi connectivity index (χ0n) is 18.4. The minimum atomic E-state index is -3.47. The summed E-state index contributed by atoms with van der Waals surface area (Å²) in [5.41, 5.74) is 2.20. The van der Waals surface area contributed by atoms with Gasteiger partial charge in [0.25, 0.3) is 6.01 Å². The maximum absolute atomic E-state index is 12.8. The summed E-state index contributed by atoms with van der Waals surface area (Å²) in [6, 6.07) is 14.8. The van der Waals surface area contributed by atoms with E-state index in [1.165, 1.54) is 0 Å². The molecule has 2 aliphatic heterocycles. The fraction of sp³-hybridized carbons (Fsp3) is 0.417. The smallest absolute Gasteiger partial charge is 0.298 e. The van der Waals surface area contributed by atoms with Crippen molar-refractivity contribution in [1.82, 2.24) is 9.29 Å². The Hall–Kier alpha value is -2.91. The van der Waals surface area contributed by atoms with E-state index in [-0.39, 0.29) is 16.7 Å². The first-order valence-corrected chi connectivity index (χ1v) is 13.0. The maximum Gasteiger partial charge on any atom is 0.298 e. The summed E-state index contributed by atoms with van der Waals surface area (Å²) in [6.07, 6.45) is 4.28. The van der Waals surface area contributed by atoms with Gasteiger partial charge in [0.05, 0.1) is 4.90 Å². The van der Waals surface area contributed by atoms with Crippen molar-refractivity contribution in [1.29, 1.82) is 0 Å². The molecule has 2 fully saturated rings. The molecule has 0 unspecified atom stereocenters. The van der Waals surface area contributed by atoms with Crippen LogP contribution in [0.2, 0.25) is 0 Å². The second-order valence-electron chi connectivity index (χ2n) is 8.70. The van der Waals surface area contributed by atoms with Crippen LogP contribution >= 0.6 is 0 Å². The topological polar surface area (TPSA) is 95.8 Å². The minimum absolute atomic E-state index is 0.0427. The fourth-order valence-electron chi connectivity index (χ4n) is 4.54. The van der Waals surface area contributed by atoms with Crippen molar-refractivity contribution in [3.05, 3.63) is 48.5 Å². The lowest BCUT2D eigenvalue weighted by Crippen LogP contribution is -2.38. The predicted octanol–water partition coefficient (Wildman–Crippen LogP) is 3.86. The number of carbonyl (C=O) groups excluding carboxylic acids is 1. The number of nitrogens with zero attached hydrogens (tertiary/aromatic N) is 3. The van der Waals surface area contributed by atoms with Crippen LogP contribution in [-0.2, 0) is 14.8 Å². The van der Waals surface area contributed by atoms with Crippen LogP contribution in [0.15, 0.2) is 57.8 Å². The number of hydrogen-bond donors (Lipinski definition) is 1. The molecule has 0 radical (unpaired) electrons. The molecule has 0 atom stereocenters. The number of aromatic nitrogens is 1. The van der Waals surface area contributed by atoms with Gasteiger partial charge in [-0.1, -0.05) is 18.6 Å². The van der Waals surface area contributed by atoms with Gasteiger partial charge >= 0.3 is 0 Å². The van der Waals surface area contributed by atoms with Gasteiger partial charge in [0.15, 0.2) is 5.58 Å². The number of hydrogen-bond acceptors (Lipinski definition) is 6. The Morgan fingerprint density at radius 1 is 0.939 bits per heavy atom. The van der Waals surface area contributed by atoms with Crippen molar-refractivity contribution >= 4 is 38.7 Å². The Labute approximate surface area is 193 Å². The second kappa shape index (κ2) is 9.15. The van der Waals surface area contributed by atoms with E-state index >= 15 is 0 Å². The van der Waals surface area contributed by atoms with E-state index in [2.05, 4.69) is 15.2 Å². The van der Waals surface area contributed by atoms with E-state index in [1.54, 1.807) is 28.6 Å². The molecule has 5 rings (SSSR count). The minimum Gasteiger partial charge on any atom is -0.423 e. The SMILES string of the molecule is O=C(Nc1ccc(S(=O)(=O)N2CCCCC2)cc1)C1CCN(c2nc3ccccc3o2)CC1. The van der Waals surface area contributed by atoms with Crippen LogP contribution in [0.25, 0.3) is 11.1 Å². The summed E-state index contributed by atoms with van der Waals surface area (Å²) >= 11 is 0. The van der Waals surface area contributed by atoms with Crippen molar-refractivity contribution in [2.24, 2.45) is 5.92 Å². The number of piperidine rings is 2. The van der Waals surface area contributed by atoms with Gasteiger partial charge in [0.2, 0.25) is 15.9 Å². The van der Waals surface area contributed by atoms with E-state index in [9.17, 15) is 13.2 Å². The Bertz CT molecular complexity index is 1190. The predicted molar refractivity (Wildman–Crippen MR) is 127 cm³/mol. The molecule has 2 saturated heterocycles. The average Bonchev–Trinajstić information content (AvgIpc) is 3.29. The van der Waals surface area contributed by atoms with Gasteiger partial charge in [-0.15, -0.1) is 0 Å². The molecule has 1 N–H and O–H groups in total. The highest BCUT2D eigenvalue weighted by Crippen LogP contribution is 2.27. The number of sulfonamides is 1. The largest absolute Gasteiger partial charge is 0.423 e. The van der Waals surface area contributed by atoms with Crippen LogP contribution in [-0.4, -0.2) is 49.8 Å². The molecule has 0 bridgehead atoms. The Morgan fingerprint density at radius 2 is 1.64 bits per heavy atom. The van der Waals surface area contributed by atoms with Crippen LogP contribution in [0.1, 0.15) is 32.1 Å². The third-order valence-electron chi connectivity index (χ3n) is 6.49. The molecule has 1 amide bonds. The molecule has 33 heavy (non-hydrogen) atoms. The van der Waals surface area contributed by atoms with E-state index in [4.69, 9.17) is 4.42 Å². The van der Waals surface area contributed by atoms with Gasteiger partial charge in [-0.2, -0.15) is 9.29 Å². The van der Waals surface area contributed by atoms with Crippen molar-refractivity contribution in [2.75, 3.05) is 36.4 Å². The molecule has 0 spiro atoms. The molecule has 0 aliphatic carbocycles. The molecular weight excluding hydrogens is 440 g/mol. The number of fused-ring (bicyclic) bond motifs is 1. The first-order chi connectivity index (χ1) is 16.0. The number of nitrogens with one attached hydrogen (secondary N) is 1. The molecule has 0 saturated carbocycles. The van der Waals surface area contributed by atoms with Gasteiger partial charge in [-0.25, -0.2) is 8.42 Å². The van der Waals surface area contributed by atoms with E-state index in [0.717, 1.165) is 30.4 Å². The first kappa shape index (κ1) is 21.9. The fourth-order valence-corrected chi connectivity index (χ4v) is 6.05. The van der Waals surface area contributed by atoms with E-state index < -0.39 is 10.0 Å². The van der Waals surface area contributed by atoms with Crippen molar-refractivity contribution < 1.29 is 17.6 Å². The van der Waals surface area contributed by atoms with E-state index in [1.807, 2.05) is 24.3 Å². The number of anilines is 2. The monoisotopic (exact) mass is 468 g/mol. The van der Waals surface area contributed by atoms with Crippen LogP contribution in [0.3, 0.4) is 0 Å². The van der Waals surface area contributed by atoms with Gasteiger partial charge in [-0.3, -0.25) is 4.79 Å². The Balaban J connectivity index is 1.17. The molecule has 3 aromatic rings. The highest BCUT2D eigenvalue weighted by molar-refractivity contribution is 7.89. The van der Waals surface area contributed by atoms with Gasteiger partial charge in [-0.05, 0) is 62.1 Å². The lowest BCUT2D eigenvalue weighted by molar-refractivity contribution is -0.120. The molecule has 1 aromatic heterocycles. The number of rotatable bonds is 5. The molecular formula is C24H28N4O4S. The summed E-state index contributed by atoms with van der Waals surface area (Å²) in [4.78, 5) is 19.7. The molecule has 2 aromatic carbocycles. The zero-order valence-corrected chi connectivity index (χ0v) is 19.3.